The molecule has 0 spiro atoms. The van der Waals surface area contributed by atoms with Crippen molar-refractivity contribution in [1.29, 1.82) is 0 Å². The number of rotatable bonds is 2. The maximum Gasteiger partial charge on any atom is 0.344 e. The number of benzene rings is 1. The monoisotopic (exact) mass is 218 g/mol. The SMILES string of the molecule is Cc1ccsc1OC(=O)c1ccccc1. The Balaban J connectivity index is 2.15. The molecule has 1 aromatic heterocycles. The molecule has 3 heteroatoms. The average molecular weight is 218 g/mol. The Labute approximate surface area is 92.1 Å². The molecule has 1 heterocycles. The molecule has 0 saturated heterocycles. The third-order valence-corrected chi connectivity index (χ3v) is 2.90. The van der Waals surface area contributed by atoms with Gasteiger partial charge >= 0.3 is 5.97 Å². The molecule has 0 radical (unpaired) electrons. The van der Waals surface area contributed by atoms with Crippen molar-refractivity contribution in [2.75, 3.05) is 0 Å². The predicted molar refractivity (Wildman–Crippen MR) is 60.5 cm³/mol. The number of carbonyl (C=O) groups excluding carboxylic acids is 1. The molecular formula is C12H10O2S. The van der Waals surface area contributed by atoms with Gasteiger partial charge in [-0.3, -0.25) is 0 Å². The summed E-state index contributed by atoms with van der Waals surface area (Å²) in [5.74, 6) is -0.304. The van der Waals surface area contributed by atoms with E-state index in [4.69, 9.17) is 4.74 Å². The maximum absolute atomic E-state index is 11.6. The molecule has 2 nitrogen and oxygen atoms in total. The van der Waals surface area contributed by atoms with Gasteiger partial charge in [-0.25, -0.2) is 4.79 Å². The van der Waals surface area contributed by atoms with E-state index >= 15 is 0 Å². The first-order valence-electron chi connectivity index (χ1n) is 4.58. The highest BCUT2D eigenvalue weighted by Crippen LogP contribution is 2.25. The molecular weight excluding hydrogens is 208 g/mol. The quantitative estimate of drug-likeness (QED) is 0.723. The molecule has 1 aromatic carbocycles. The number of hydrogen-bond donors (Lipinski definition) is 0. The van der Waals surface area contributed by atoms with Crippen LogP contribution in [0.1, 0.15) is 15.9 Å². The zero-order valence-electron chi connectivity index (χ0n) is 8.27. The lowest BCUT2D eigenvalue weighted by atomic mass is 10.2. The second kappa shape index (κ2) is 4.28. The van der Waals surface area contributed by atoms with E-state index < -0.39 is 0 Å². The highest BCUT2D eigenvalue weighted by atomic mass is 32.1. The molecule has 15 heavy (non-hydrogen) atoms. The smallest absolute Gasteiger partial charge is 0.344 e. The third-order valence-electron chi connectivity index (χ3n) is 2.01. The van der Waals surface area contributed by atoms with Crippen molar-refractivity contribution in [3.63, 3.8) is 0 Å². The summed E-state index contributed by atoms with van der Waals surface area (Å²) < 4.78 is 5.25. The van der Waals surface area contributed by atoms with E-state index in [1.54, 1.807) is 12.1 Å². The molecule has 0 bridgehead atoms. The van der Waals surface area contributed by atoms with Gasteiger partial charge in [0.15, 0.2) is 5.06 Å². The van der Waals surface area contributed by atoms with Crippen LogP contribution in [0, 0.1) is 6.92 Å². The summed E-state index contributed by atoms with van der Waals surface area (Å²) in [6.07, 6.45) is 0. The van der Waals surface area contributed by atoms with Gasteiger partial charge in [-0.1, -0.05) is 18.2 Å². The summed E-state index contributed by atoms with van der Waals surface area (Å²) in [7, 11) is 0. The van der Waals surface area contributed by atoms with Gasteiger partial charge in [0.1, 0.15) is 0 Å². The van der Waals surface area contributed by atoms with Crippen LogP contribution >= 0.6 is 11.3 Å². The number of carbonyl (C=O) groups is 1. The number of aryl methyl sites for hydroxylation is 1. The molecule has 2 rings (SSSR count). The van der Waals surface area contributed by atoms with Gasteiger partial charge in [-0.05, 0) is 30.5 Å². The van der Waals surface area contributed by atoms with Crippen LogP contribution in [0.3, 0.4) is 0 Å². The van der Waals surface area contributed by atoms with E-state index in [9.17, 15) is 4.79 Å². The van der Waals surface area contributed by atoms with Crippen LogP contribution in [-0.4, -0.2) is 5.97 Å². The Hall–Kier alpha value is -1.61. The van der Waals surface area contributed by atoms with E-state index in [1.165, 1.54) is 11.3 Å². The van der Waals surface area contributed by atoms with Crippen molar-refractivity contribution < 1.29 is 9.53 Å². The first-order chi connectivity index (χ1) is 7.27. The Morgan fingerprint density at radius 3 is 2.53 bits per heavy atom. The largest absolute Gasteiger partial charge is 0.412 e. The Kier molecular flexibility index (Phi) is 2.83. The van der Waals surface area contributed by atoms with E-state index in [0.29, 0.717) is 10.6 Å². The molecule has 76 valence electrons. The van der Waals surface area contributed by atoms with E-state index in [1.807, 2.05) is 36.6 Å². The fourth-order valence-corrected chi connectivity index (χ4v) is 1.95. The van der Waals surface area contributed by atoms with Gasteiger partial charge in [0, 0.05) is 5.56 Å². The minimum atomic E-state index is -0.304. The Morgan fingerprint density at radius 1 is 1.20 bits per heavy atom. The molecule has 2 aromatic rings. The highest BCUT2D eigenvalue weighted by Gasteiger charge is 2.09. The second-order valence-electron chi connectivity index (χ2n) is 3.15. The van der Waals surface area contributed by atoms with E-state index in [0.717, 1.165) is 5.56 Å². The van der Waals surface area contributed by atoms with Crippen LogP contribution in [0.25, 0.3) is 0 Å². The topological polar surface area (TPSA) is 26.3 Å². The zero-order chi connectivity index (χ0) is 10.7. The first-order valence-corrected chi connectivity index (χ1v) is 5.46. The van der Waals surface area contributed by atoms with Gasteiger partial charge in [0.05, 0.1) is 5.56 Å². The minimum absolute atomic E-state index is 0.304. The molecule has 0 N–H and O–H groups in total. The van der Waals surface area contributed by atoms with Gasteiger partial charge in [-0.2, -0.15) is 0 Å². The lowest BCUT2D eigenvalue weighted by Gasteiger charge is -2.02. The predicted octanol–water partition coefficient (Wildman–Crippen LogP) is 3.28. The van der Waals surface area contributed by atoms with Crippen LogP contribution in [0.4, 0.5) is 0 Å². The average Bonchev–Trinajstić information content (AvgIpc) is 2.66. The van der Waals surface area contributed by atoms with Gasteiger partial charge in [0.25, 0.3) is 0 Å². The summed E-state index contributed by atoms with van der Waals surface area (Å²) in [5.41, 5.74) is 1.56. The highest BCUT2D eigenvalue weighted by molar-refractivity contribution is 7.12. The zero-order valence-corrected chi connectivity index (χ0v) is 9.08. The van der Waals surface area contributed by atoms with E-state index in [-0.39, 0.29) is 5.97 Å². The van der Waals surface area contributed by atoms with Crippen molar-refractivity contribution >= 4 is 17.3 Å². The summed E-state index contributed by atoms with van der Waals surface area (Å²) in [6, 6.07) is 10.9. The third kappa shape index (κ3) is 2.25. The number of thiophene rings is 1. The first kappa shape index (κ1) is 9.93. The normalized spacial score (nSPS) is 9.93. The summed E-state index contributed by atoms with van der Waals surface area (Å²) in [4.78, 5) is 11.6. The van der Waals surface area contributed by atoms with Crippen LogP contribution in [0.15, 0.2) is 41.8 Å². The van der Waals surface area contributed by atoms with Gasteiger partial charge in [-0.15, -0.1) is 11.3 Å². The fourth-order valence-electron chi connectivity index (χ4n) is 1.18. The summed E-state index contributed by atoms with van der Waals surface area (Å²) in [5, 5.41) is 2.58. The number of hydrogen-bond acceptors (Lipinski definition) is 3. The molecule has 0 aliphatic heterocycles. The molecule has 0 amide bonds. The van der Waals surface area contributed by atoms with Crippen molar-refractivity contribution in [3.8, 4) is 5.06 Å². The lowest BCUT2D eigenvalue weighted by molar-refractivity contribution is 0.0739. The minimum Gasteiger partial charge on any atom is -0.412 e. The standard InChI is InChI=1S/C12H10O2S/c1-9-7-8-15-12(9)14-11(13)10-5-3-2-4-6-10/h2-8H,1H3. The van der Waals surface area contributed by atoms with Crippen LogP contribution < -0.4 is 4.74 Å². The second-order valence-corrected chi connectivity index (χ2v) is 4.03. The summed E-state index contributed by atoms with van der Waals surface area (Å²) in [6.45, 7) is 1.92. The van der Waals surface area contributed by atoms with E-state index in [2.05, 4.69) is 0 Å². The van der Waals surface area contributed by atoms with Gasteiger partial charge in [0.2, 0.25) is 0 Å². The molecule has 0 aliphatic rings. The lowest BCUT2D eigenvalue weighted by Crippen LogP contribution is -2.07. The Morgan fingerprint density at radius 2 is 1.93 bits per heavy atom. The molecule has 0 aliphatic carbocycles. The Bertz CT molecular complexity index is 459. The molecule has 0 atom stereocenters. The number of esters is 1. The van der Waals surface area contributed by atoms with Crippen LogP contribution in [0.5, 0.6) is 5.06 Å². The van der Waals surface area contributed by atoms with Gasteiger partial charge < -0.3 is 4.74 Å². The maximum atomic E-state index is 11.6. The van der Waals surface area contributed by atoms with Crippen LogP contribution in [0.2, 0.25) is 0 Å². The number of ether oxygens (including phenoxy) is 1. The molecule has 0 fully saturated rings. The fraction of sp³-hybridized carbons (Fsp3) is 0.0833. The molecule has 0 saturated carbocycles. The van der Waals surface area contributed by atoms with Crippen molar-refractivity contribution in [2.24, 2.45) is 0 Å². The molecule has 0 unspecified atom stereocenters. The van der Waals surface area contributed by atoms with Crippen molar-refractivity contribution in [1.82, 2.24) is 0 Å². The van der Waals surface area contributed by atoms with Crippen LogP contribution in [-0.2, 0) is 0 Å². The summed E-state index contributed by atoms with van der Waals surface area (Å²) >= 11 is 1.43. The van der Waals surface area contributed by atoms with Crippen molar-refractivity contribution in [2.45, 2.75) is 6.92 Å². The van der Waals surface area contributed by atoms with Crippen molar-refractivity contribution in [3.05, 3.63) is 52.9 Å².